The molecule has 0 aliphatic carbocycles. The summed E-state index contributed by atoms with van der Waals surface area (Å²) in [5, 5.41) is 9.73. The van der Waals surface area contributed by atoms with Crippen molar-refractivity contribution in [3.05, 3.63) is 97.2 Å². The van der Waals surface area contributed by atoms with Crippen molar-refractivity contribution < 1.29 is 9.50 Å². The average Bonchev–Trinajstić information content (AvgIpc) is 3.18. The van der Waals surface area contributed by atoms with E-state index in [-0.39, 0.29) is 11.6 Å². The third-order valence-corrected chi connectivity index (χ3v) is 4.89. The molecule has 0 saturated heterocycles. The number of phenols is 1. The predicted octanol–water partition coefficient (Wildman–Crippen LogP) is 5.58. The molecule has 0 radical (unpaired) electrons. The number of rotatable bonds is 3. The molecule has 0 unspecified atom stereocenters. The van der Waals surface area contributed by atoms with Crippen LogP contribution in [0.1, 0.15) is 0 Å². The quantitative estimate of drug-likeness (QED) is 0.444. The van der Waals surface area contributed by atoms with Crippen molar-refractivity contribution in [1.29, 1.82) is 0 Å². The van der Waals surface area contributed by atoms with Gasteiger partial charge in [-0.1, -0.05) is 12.1 Å². The molecule has 0 aliphatic heterocycles. The van der Waals surface area contributed by atoms with Crippen LogP contribution in [0.25, 0.3) is 39.3 Å². The van der Waals surface area contributed by atoms with E-state index in [0.29, 0.717) is 0 Å². The molecule has 3 aromatic heterocycles. The van der Waals surface area contributed by atoms with Crippen molar-refractivity contribution in [2.45, 2.75) is 0 Å². The van der Waals surface area contributed by atoms with Gasteiger partial charge in [0.15, 0.2) is 0 Å². The largest absolute Gasteiger partial charge is 0.508 e. The Bertz CT molecular complexity index is 1330. The summed E-state index contributed by atoms with van der Waals surface area (Å²) in [6.45, 7) is 0. The lowest BCUT2D eigenvalue weighted by atomic mass is 10.1. The zero-order valence-electron chi connectivity index (χ0n) is 15.3. The number of phenolic OH excluding ortho intramolecular Hbond substituents is 1. The summed E-state index contributed by atoms with van der Waals surface area (Å²) in [4.78, 5) is 8.96. The fourth-order valence-electron chi connectivity index (χ4n) is 3.43. The topological polar surface area (TPSA) is 50.4 Å². The first-order valence-corrected chi connectivity index (χ1v) is 9.16. The van der Waals surface area contributed by atoms with Gasteiger partial charge in [0.2, 0.25) is 0 Å². The van der Waals surface area contributed by atoms with Crippen LogP contribution in [0.2, 0.25) is 0 Å². The van der Waals surface area contributed by atoms with Crippen LogP contribution in [-0.2, 0) is 0 Å². The number of benzene rings is 2. The number of nitrogens with zero attached hydrogens (tertiary/aromatic N) is 3. The minimum Gasteiger partial charge on any atom is -0.508 e. The van der Waals surface area contributed by atoms with Gasteiger partial charge < -0.3 is 5.11 Å². The van der Waals surface area contributed by atoms with Crippen LogP contribution in [0.4, 0.5) is 4.39 Å². The Balaban J connectivity index is 1.56. The first-order chi connectivity index (χ1) is 14.2. The molecule has 1 N–H and O–H groups in total. The standard InChI is InChI=1S/C24H16FN3O/c25-20-6-4-16(5-7-20)22-13-19(8-10-26-22)23-15-27-24-14-18(9-11-28(23)24)17-2-1-3-21(29)12-17/h1-15,29H. The van der Waals surface area contributed by atoms with E-state index >= 15 is 0 Å². The highest BCUT2D eigenvalue weighted by molar-refractivity contribution is 5.73. The van der Waals surface area contributed by atoms with Crippen LogP contribution < -0.4 is 0 Å². The summed E-state index contributed by atoms with van der Waals surface area (Å²) in [7, 11) is 0. The molecule has 5 rings (SSSR count). The van der Waals surface area contributed by atoms with E-state index < -0.39 is 0 Å². The van der Waals surface area contributed by atoms with Crippen LogP contribution in [-0.4, -0.2) is 19.5 Å². The molecule has 0 saturated carbocycles. The average molecular weight is 381 g/mol. The van der Waals surface area contributed by atoms with Gasteiger partial charge in [-0.2, -0.15) is 0 Å². The first kappa shape index (κ1) is 17.1. The number of fused-ring (bicyclic) bond motifs is 1. The molecule has 3 heterocycles. The van der Waals surface area contributed by atoms with Crippen molar-refractivity contribution in [3.63, 3.8) is 0 Å². The second kappa shape index (κ2) is 6.87. The minimum atomic E-state index is -0.269. The smallest absolute Gasteiger partial charge is 0.137 e. The van der Waals surface area contributed by atoms with Gasteiger partial charge in [-0.25, -0.2) is 9.37 Å². The Morgan fingerprint density at radius 1 is 0.759 bits per heavy atom. The fourth-order valence-corrected chi connectivity index (χ4v) is 3.43. The number of aromatic nitrogens is 3. The van der Waals surface area contributed by atoms with Gasteiger partial charge in [0.05, 0.1) is 17.6 Å². The van der Waals surface area contributed by atoms with Crippen molar-refractivity contribution in [3.8, 4) is 39.4 Å². The molecule has 0 fully saturated rings. The number of hydrogen-bond acceptors (Lipinski definition) is 3. The summed E-state index contributed by atoms with van der Waals surface area (Å²) in [6, 6.07) is 21.3. The SMILES string of the molecule is Oc1cccc(-c2ccn3c(-c4ccnc(-c5ccc(F)cc5)c4)cnc3c2)c1. The second-order valence-corrected chi connectivity index (χ2v) is 6.77. The molecule has 0 spiro atoms. The Kier molecular flexibility index (Phi) is 4.06. The highest BCUT2D eigenvalue weighted by Gasteiger charge is 2.10. The van der Waals surface area contributed by atoms with Gasteiger partial charge in [0.25, 0.3) is 0 Å². The van der Waals surface area contributed by atoms with Crippen molar-refractivity contribution in [2.75, 3.05) is 0 Å². The van der Waals surface area contributed by atoms with Crippen LogP contribution in [0.3, 0.4) is 0 Å². The van der Waals surface area contributed by atoms with Gasteiger partial charge >= 0.3 is 0 Å². The number of halogens is 1. The van der Waals surface area contributed by atoms with Crippen LogP contribution in [0.15, 0.2) is 91.4 Å². The summed E-state index contributed by atoms with van der Waals surface area (Å²) < 4.78 is 15.2. The third-order valence-electron chi connectivity index (χ3n) is 4.89. The Morgan fingerprint density at radius 2 is 1.59 bits per heavy atom. The molecule has 140 valence electrons. The van der Waals surface area contributed by atoms with Crippen molar-refractivity contribution in [2.24, 2.45) is 0 Å². The first-order valence-electron chi connectivity index (χ1n) is 9.16. The lowest BCUT2D eigenvalue weighted by Crippen LogP contribution is -1.91. The summed E-state index contributed by atoms with van der Waals surface area (Å²) in [5.74, 6) is -0.0364. The van der Waals surface area contributed by atoms with Gasteiger partial charge in [-0.3, -0.25) is 9.38 Å². The molecule has 5 aromatic rings. The molecular formula is C24H16FN3O. The Labute approximate surface area is 166 Å². The maximum atomic E-state index is 13.2. The maximum absolute atomic E-state index is 13.2. The summed E-state index contributed by atoms with van der Waals surface area (Å²) in [5.41, 5.74) is 6.25. The molecule has 0 atom stereocenters. The zero-order valence-corrected chi connectivity index (χ0v) is 15.3. The maximum Gasteiger partial charge on any atom is 0.137 e. The number of imidazole rings is 1. The highest BCUT2D eigenvalue weighted by Crippen LogP contribution is 2.28. The van der Waals surface area contributed by atoms with E-state index in [4.69, 9.17) is 0 Å². The molecule has 29 heavy (non-hydrogen) atoms. The summed E-state index contributed by atoms with van der Waals surface area (Å²) in [6.07, 6.45) is 5.54. The second-order valence-electron chi connectivity index (χ2n) is 6.77. The van der Waals surface area contributed by atoms with Gasteiger partial charge in [0, 0.05) is 23.5 Å². The molecule has 4 nitrogen and oxygen atoms in total. The van der Waals surface area contributed by atoms with E-state index in [0.717, 1.165) is 39.3 Å². The van der Waals surface area contributed by atoms with Crippen LogP contribution >= 0.6 is 0 Å². The Morgan fingerprint density at radius 3 is 2.41 bits per heavy atom. The number of aromatic hydroxyl groups is 1. The molecule has 0 amide bonds. The molecule has 2 aromatic carbocycles. The summed E-state index contributed by atoms with van der Waals surface area (Å²) >= 11 is 0. The third kappa shape index (κ3) is 3.23. The van der Waals surface area contributed by atoms with Gasteiger partial charge in [-0.15, -0.1) is 0 Å². The van der Waals surface area contributed by atoms with Gasteiger partial charge in [0.1, 0.15) is 17.2 Å². The molecular weight excluding hydrogens is 365 g/mol. The van der Waals surface area contributed by atoms with Crippen LogP contribution in [0.5, 0.6) is 5.75 Å². The van der Waals surface area contributed by atoms with Crippen LogP contribution in [0, 0.1) is 5.82 Å². The number of pyridine rings is 2. The van der Waals surface area contributed by atoms with E-state index in [1.54, 1.807) is 30.5 Å². The van der Waals surface area contributed by atoms with E-state index in [1.807, 2.05) is 53.2 Å². The Hall–Kier alpha value is -3.99. The minimum absolute atomic E-state index is 0.233. The highest BCUT2D eigenvalue weighted by atomic mass is 19.1. The lowest BCUT2D eigenvalue weighted by Gasteiger charge is -2.07. The lowest BCUT2D eigenvalue weighted by molar-refractivity contribution is 0.475. The van der Waals surface area contributed by atoms with E-state index in [1.165, 1.54) is 12.1 Å². The monoisotopic (exact) mass is 381 g/mol. The predicted molar refractivity (Wildman–Crippen MR) is 111 cm³/mol. The number of hydrogen-bond donors (Lipinski definition) is 1. The molecule has 5 heteroatoms. The van der Waals surface area contributed by atoms with Crippen molar-refractivity contribution in [1.82, 2.24) is 14.4 Å². The fraction of sp³-hybridized carbons (Fsp3) is 0. The normalized spacial score (nSPS) is 11.1. The van der Waals surface area contributed by atoms with E-state index in [9.17, 15) is 9.50 Å². The van der Waals surface area contributed by atoms with Gasteiger partial charge in [-0.05, 0) is 71.8 Å². The molecule has 0 bridgehead atoms. The zero-order chi connectivity index (χ0) is 19.8. The molecule has 0 aliphatic rings. The van der Waals surface area contributed by atoms with E-state index in [2.05, 4.69) is 9.97 Å². The van der Waals surface area contributed by atoms with Crippen molar-refractivity contribution >= 4 is 5.65 Å².